The van der Waals surface area contributed by atoms with Gasteiger partial charge in [0, 0.05) is 5.92 Å². The van der Waals surface area contributed by atoms with Crippen molar-refractivity contribution in [2.75, 3.05) is 0 Å². The zero-order valence-corrected chi connectivity index (χ0v) is 12.3. The average molecular weight is 273 g/mol. The Balaban J connectivity index is 1.83. The summed E-state index contributed by atoms with van der Waals surface area (Å²) in [6.45, 7) is 2.09. The van der Waals surface area contributed by atoms with E-state index in [1.165, 1.54) is 25.7 Å². The molecule has 0 aromatic carbocycles. The van der Waals surface area contributed by atoms with Crippen molar-refractivity contribution in [1.29, 1.82) is 5.26 Å². The van der Waals surface area contributed by atoms with Crippen LogP contribution >= 0.6 is 0 Å². The van der Waals surface area contributed by atoms with Crippen LogP contribution in [0.25, 0.3) is 0 Å². The molecular formula is C18H24FN. The lowest BCUT2D eigenvalue weighted by atomic mass is 9.69. The Morgan fingerprint density at radius 1 is 1.05 bits per heavy atom. The van der Waals surface area contributed by atoms with Crippen molar-refractivity contribution in [1.82, 2.24) is 0 Å². The zero-order chi connectivity index (χ0) is 14.4. The van der Waals surface area contributed by atoms with Crippen LogP contribution in [0.4, 0.5) is 4.39 Å². The van der Waals surface area contributed by atoms with E-state index in [1.54, 1.807) is 6.07 Å². The van der Waals surface area contributed by atoms with E-state index in [0.29, 0.717) is 18.3 Å². The van der Waals surface area contributed by atoms with Gasteiger partial charge in [-0.2, -0.15) is 5.26 Å². The minimum absolute atomic E-state index is 0.203. The summed E-state index contributed by atoms with van der Waals surface area (Å²) < 4.78 is 14.2. The fourth-order valence-corrected chi connectivity index (χ4v) is 3.94. The van der Waals surface area contributed by atoms with Crippen molar-refractivity contribution in [2.24, 2.45) is 23.7 Å². The van der Waals surface area contributed by atoms with Gasteiger partial charge in [-0.3, -0.25) is 0 Å². The molecule has 0 amide bonds. The second-order valence-electron chi connectivity index (χ2n) is 6.28. The van der Waals surface area contributed by atoms with E-state index in [1.807, 2.05) is 0 Å². The number of hydrogen-bond acceptors (Lipinski definition) is 1. The van der Waals surface area contributed by atoms with Crippen molar-refractivity contribution in [3.63, 3.8) is 0 Å². The van der Waals surface area contributed by atoms with Gasteiger partial charge in [-0.15, -0.1) is 0 Å². The molecule has 2 rings (SSSR count). The fourth-order valence-electron chi connectivity index (χ4n) is 3.94. The highest BCUT2D eigenvalue weighted by atomic mass is 19.1. The lowest BCUT2D eigenvalue weighted by molar-refractivity contribution is 0.101. The summed E-state index contributed by atoms with van der Waals surface area (Å²) in [5.41, 5.74) is 0. The molecule has 2 heteroatoms. The summed E-state index contributed by atoms with van der Waals surface area (Å²) in [5.74, 6) is 6.93. The molecule has 2 aliphatic rings. The van der Waals surface area contributed by atoms with E-state index in [-0.39, 0.29) is 5.92 Å². The number of allylic oxidation sites excluding steroid dienone is 2. The van der Waals surface area contributed by atoms with E-state index in [2.05, 4.69) is 30.9 Å². The molecule has 3 unspecified atom stereocenters. The number of nitrogens with zero attached hydrogens (tertiary/aromatic N) is 1. The molecule has 0 aromatic heterocycles. The molecule has 2 aliphatic carbocycles. The number of hydrogen-bond donors (Lipinski definition) is 0. The summed E-state index contributed by atoms with van der Waals surface area (Å²) in [5, 5.41) is 8.46. The van der Waals surface area contributed by atoms with Gasteiger partial charge in [0.2, 0.25) is 0 Å². The zero-order valence-electron chi connectivity index (χ0n) is 12.3. The van der Waals surface area contributed by atoms with Crippen molar-refractivity contribution in [2.45, 2.75) is 58.0 Å². The Kier molecular flexibility index (Phi) is 5.66. The highest BCUT2D eigenvalue weighted by molar-refractivity contribution is 5.19. The molecule has 0 radical (unpaired) electrons. The monoisotopic (exact) mass is 273 g/mol. The summed E-state index contributed by atoms with van der Waals surface area (Å²) >= 11 is 0. The van der Waals surface area contributed by atoms with Crippen LogP contribution in [0.3, 0.4) is 0 Å². The van der Waals surface area contributed by atoms with Gasteiger partial charge in [0.15, 0.2) is 6.07 Å². The number of alkyl halides is 1. The molecule has 0 bridgehead atoms. The van der Waals surface area contributed by atoms with Crippen molar-refractivity contribution in [3.8, 4) is 17.9 Å². The molecule has 108 valence electrons. The van der Waals surface area contributed by atoms with Gasteiger partial charge in [-0.1, -0.05) is 18.1 Å². The van der Waals surface area contributed by atoms with Crippen molar-refractivity contribution < 1.29 is 4.39 Å². The first-order chi connectivity index (χ1) is 9.74. The molecule has 0 aliphatic heterocycles. The lowest BCUT2D eigenvalue weighted by Gasteiger charge is -2.37. The summed E-state index contributed by atoms with van der Waals surface area (Å²) in [4.78, 5) is 0. The maximum atomic E-state index is 14.2. The van der Waals surface area contributed by atoms with Gasteiger partial charge in [0.05, 0.1) is 5.92 Å². The van der Waals surface area contributed by atoms with Crippen LogP contribution in [0.5, 0.6) is 0 Å². The molecule has 0 aromatic rings. The quantitative estimate of drug-likeness (QED) is 0.530. The number of halogens is 1. The SMILES string of the molecule is C/C=C/C1CCC(C2CCC(C#CC#N)C(F)C2)CC1. The first-order valence-electron chi connectivity index (χ1n) is 7.91. The van der Waals surface area contributed by atoms with E-state index < -0.39 is 6.17 Å². The summed E-state index contributed by atoms with van der Waals surface area (Å²) in [6.07, 6.45) is 11.2. The predicted octanol–water partition coefficient (Wildman–Crippen LogP) is 4.65. The Morgan fingerprint density at radius 3 is 2.35 bits per heavy atom. The minimum atomic E-state index is -0.831. The number of nitriles is 1. The van der Waals surface area contributed by atoms with Crippen LogP contribution in [0.2, 0.25) is 0 Å². The lowest BCUT2D eigenvalue weighted by Crippen LogP contribution is -2.31. The standard InChI is InChI=1S/C18H24FN/c1-2-4-14-6-8-15(9-7-14)17-11-10-16(5-3-12-20)18(19)13-17/h2,4,14-18H,6-11,13H2,1H3/b4-2+. The first-order valence-corrected chi connectivity index (χ1v) is 7.91. The van der Waals surface area contributed by atoms with Gasteiger partial charge in [-0.25, -0.2) is 4.39 Å². The van der Waals surface area contributed by atoms with Gasteiger partial charge < -0.3 is 0 Å². The van der Waals surface area contributed by atoms with E-state index in [9.17, 15) is 4.39 Å². The van der Waals surface area contributed by atoms with E-state index in [4.69, 9.17) is 5.26 Å². The third kappa shape index (κ3) is 3.86. The Morgan fingerprint density at radius 2 is 1.75 bits per heavy atom. The average Bonchev–Trinajstić information content (AvgIpc) is 2.47. The highest BCUT2D eigenvalue weighted by Crippen LogP contribution is 2.42. The molecule has 0 N–H and O–H groups in total. The molecule has 0 spiro atoms. The molecule has 0 heterocycles. The van der Waals surface area contributed by atoms with E-state index in [0.717, 1.165) is 18.8 Å². The number of rotatable bonds is 2. The Hall–Kier alpha value is -1.28. The van der Waals surface area contributed by atoms with Crippen LogP contribution in [0, 0.1) is 46.8 Å². The molecule has 0 saturated heterocycles. The fraction of sp³-hybridized carbons (Fsp3) is 0.722. The molecule has 1 nitrogen and oxygen atoms in total. The maximum absolute atomic E-state index is 14.2. The van der Waals surface area contributed by atoms with Crippen LogP contribution < -0.4 is 0 Å². The van der Waals surface area contributed by atoms with Crippen molar-refractivity contribution >= 4 is 0 Å². The maximum Gasteiger partial charge on any atom is 0.152 e. The first kappa shape index (κ1) is 15.1. The molecule has 3 atom stereocenters. The van der Waals surface area contributed by atoms with Crippen LogP contribution in [0.15, 0.2) is 12.2 Å². The molecule has 2 fully saturated rings. The van der Waals surface area contributed by atoms with Gasteiger partial charge in [0.25, 0.3) is 0 Å². The Labute approximate surface area is 122 Å². The van der Waals surface area contributed by atoms with Gasteiger partial charge >= 0.3 is 0 Å². The normalized spacial score (nSPS) is 38.0. The second-order valence-corrected chi connectivity index (χ2v) is 6.28. The largest absolute Gasteiger partial charge is 0.246 e. The topological polar surface area (TPSA) is 23.8 Å². The Bertz CT molecular complexity index is 429. The third-order valence-corrected chi connectivity index (χ3v) is 5.07. The summed E-state index contributed by atoms with van der Waals surface area (Å²) in [7, 11) is 0. The minimum Gasteiger partial charge on any atom is -0.246 e. The smallest absolute Gasteiger partial charge is 0.152 e. The highest BCUT2D eigenvalue weighted by Gasteiger charge is 2.35. The van der Waals surface area contributed by atoms with Crippen molar-refractivity contribution in [3.05, 3.63) is 12.2 Å². The van der Waals surface area contributed by atoms with Gasteiger partial charge in [-0.05, 0) is 69.6 Å². The van der Waals surface area contributed by atoms with Gasteiger partial charge in [0.1, 0.15) is 6.17 Å². The van der Waals surface area contributed by atoms with Crippen LogP contribution in [0.1, 0.15) is 51.9 Å². The molecular weight excluding hydrogens is 249 g/mol. The predicted molar refractivity (Wildman–Crippen MR) is 79.4 cm³/mol. The van der Waals surface area contributed by atoms with Crippen LogP contribution in [-0.2, 0) is 0 Å². The van der Waals surface area contributed by atoms with E-state index >= 15 is 0 Å². The molecule has 20 heavy (non-hydrogen) atoms. The second kappa shape index (κ2) is 7.49. The van der Waals surface area contributed by atoms with Crippen LogP contribution in [-0.4, -0.2) is 6.17 Å². The summed E-state index contributed by atoms with van der Waals surface area (Å²) in [6, 6.07) is 1.79. The third-order valence-electron chi connectivity index (χ3n) is 5.07. The molecule has 2 saturated carbocycles.